The first-order chi connectivity index (χ1) is 11.3. The van der Waals surface area contributed by atoms with E-state index in [4.69, 9.17) is 9.47 Å². The predicted octanol–water partition coefficient (Wildman–Crippen LogP) is 6.34. The maximum Gasteiger partial charge on any atom is 0.343 e. The van der Waals surface area contributed by atoms with E-state index in [0.717, 1.165) is 14.5 Å². The van der Waals surface area contributed by atoms with E-state index in [1.807, 2.05) is 32.0 Å². The zero-order chi connectivity index (χ0) is 17.9. The molecule has 24 heavy (non-hydrogen) atoms. The number of ether oxygens (including phenoxy) is 2. The fourth-order valence-electron chi connectivity index (χ4n) is 2.20. The monoisotopic (exact) mass is 454 g/mol. The maximum absolute atomic E-state index is 12.5. The molecule has 0 bridgehead atoms. The van der Waals surface area contributed by atoms with E-state index in [2.05, 4.69) is 45.7 Å². The van der Waals surface area contributed by atoms with Crippen LogP contribution < -0.4 is 9.47 Å². The number of benzene rings is 2. The molecule has 0 atom stereocenters. The van der Waals surface area contributed by atoms with Gasteiger partial charge in [-0.05, 0) is 77.7 Å². The van der Waals surface area contributed by atoms with Gasteiger partial charge in [0.05, 0.1) is 16.1 Å². The van der Waals surface area contributed by atoms with Crippen LogP contribution in [0.4, 0.5) is 0 Å². The van der Waals surface area contributed by atoms with Crippen LogP contribution in [-0.2, 0) is 0 Å². The van der Waals surface area contributed by atoms with Crippen molar-refractivity contribution in [2.45, 2.75) is 39.7 Å². The lowest BCUT2D eigenvalue weighted by atomic mass is 10.0. The number of hydrogen-bond acceptors (Lipinski definition) is 3. The summed E-state index contributed by atoms with van der Waals surface area (Å²) >= 11 is 6.89. The van der Waals surface area contributed by atoms with Gasteiger partial charge in [-0.15, -0.1) is 0 Å². The van der Waals surface area contributed by atoms with Gasteiger partial charge in [0.15, 0.2) is 0 Å². The molecule has 5 heteroatoms. The van der Waals surface area contributed by atoms with E-state index in [-0.39, 0.29) is 12.0 Å². The number of esters is 1. The molecule has 128 valence electrons. The summed E-state index contributed by atoms with van der Waals surface area (Å²) in [5.74, 6) is 1.14. The van der Waals surface area contributed by atoms with Gasteiger partial charge in [0, 0.05) is 4.47 Å². The number of halogens is 2. The van der Waals surface area contributed by atoms with Crippen LogP contribution in [0, 0.1) is 0 Å². The Hall–Kier alpha value is -1.33. The molecule has 0 saturated carbocycles. The van der Waals surface area contributed by atoms with E-state index < -0.39 is 5.97 Å². The smallest absolute Gasteiger partial charge is 0.343 e. The Bertz CT molecular complexity index is 739. The van der Waals surface area contributed by atoms with Crippen molar-refractivity contribution in [3.63, 3.8) is 0 Å². The topological polar surface area (TPSA) is 35.5 Å². The third kappa shape index (κ3) is 4.84. The van der Waals surface area contributed by atoms with Crippen molar-refractivity contribution in [3.8, 4) is 11.5 Å². The highest BCUT2D eigenvalue weighted by Crippen LogP contribution is 2.31. The lowest BCUT2D eigenvalue weighted by molar-refractivity contribution is 0.0732. The summed E-state index contributed by atoms with van der Waals surface area (Å²) in [7, 11) is 0. The molecule has 0 spiro atoms. The first-order valence-electron chi connectivity index (χ1n) is 7.75. The van der Waals surface area contributed by atoms with Crippen molar-refractivity contribution in [1.29, 1.82) is 0 Å². The van der Waals surface area contributed by atoms with Gasteiger partial charge in [-0.1, -0.05) is 29.8 Å². The molecule has 0 fully saturated rings. The van der Waals surface area contributed by atoms with Crippen molar-refractivity contribution in [2.24, 2.45) is 0 Å². The van der Waals surface area contributed by atoms with Crippen molar-refractivity contribution in [3.05, 3.63) is 56.5 Å². The van der Waals surface area contributed by atoms with Crippen LogP contribution in [-0.4, -0.2) is 12.1 Å². The third-order valence-corrected chi connectivity index (χ3v) is 4.44. The van der Waals surface area contributed by atoms with Crippen LogP contribution in [0.25, 0.3) is 0 Å². The molecular weight excluding hydrogens is 436 g/mol. The molecular formula is C19H20Br2O3. The van der Waals surface area contributed by atoms with Crippen LogP contribution >= 0.6 is 31.9 Å². The zero-order valence-corrected chi connectivity index (χ0v) is 17.3. The Morgan fingerprint density at radius 1 is 0.958 bits per heavy atom. The molecule has 0 saturated heterocycles. The number of carbonyl (C=O) groups is 1. The van der Waals surface area contributed by atoms with Gasteiger partial charge < -0.3 is 9.47 Å². The molecule has 0 unspecified atom stereocenters. The van der Waals surface area contributed by atoms with Gasteiger partial charge in [-0.3, -0.25) is 0 Å². The summed E-state index contributed by atoms with van der Waals surface area (Å²) < 4.78 is 12.9. The highest BCUT2D eigenvalue weighted by atomic mass is 79.9. The number of carbonyl (C=O) groups excluding carboxylic acids is 1. The van der Waals surface area contributed by atoms with E-state index in [1.165, 1.54) is 0 Å². The molecule has 0 aromatic heterocycles. The molecule has 3 nitrogen and oxygen atoms in total. The normalized spacial score (nSPS) is 11.0. The van der Waals surface area contributed by atoms with Crippen LogP contribution in [0.5, 0.6) is 11.5 Å². The van der Waals surface area contributed by atoms with Gasteiger partial charge in [-0.2, -0.15) is 0 Å². The molecule has 0 amide bonds. The highest BCUT2D eigenvalue weighted by Gasteiger charge is 2.16. The second kappa shape index (κ2) is 8.17. The Morgan fingerprint density at radius 3 is 2.21 bits per heavy atom. The van der Waals surface area contributed by atoms with Gasteiger partial charge in [0.2, 0.25) is 0 Å². The molecule has 0 aliphatic rings. The van der Waals surface area contributed by atoms with Crippen molar-refractivity contribution < 1.29 is 14.3 Å². The first kappa shape index (κ1) is 19.0. The maximum atomic E-state index is 12.5. The SMILES string of the molecule is CC(C)Oc1ccc(C(=O)Oc2ccc(Br)cc2C(C)C)cc1Br. The molecule has 0 N–H and O–H groups in total. The summed E-state index contributed by atoms with van der Waals surface area (Å²) in [5, 5.41) is 0. The Kier molecular flexibility index (Phi) is 6.47. The van der Waals surface area contributed by atoms with Crippen LogP contribution in [0.15, 0.2) is 45.3 Å². The Balaban J connectivity index is 2.23. The van der Waals surface area contributed by atoms with E-state index in [0.29, 0.717) is 17.1 Å². The fraction of sp³-hybridized carbons (Fsp3) is 0.316. The Morgan fingerprint density at radius 2 is 1.62 bits per heavy atom. The average Bonchev–Trinajstić information content (AvgIpc) is 2.50. The average molecular weight is 456 g/mol. The largest absolute Gasteiger partial charge is 0.490 e. The third-order valence-electron chi connectivity index (χ3n) is 3.33. The minimum absolute atomic E-state index is 0.0652. The molecule has 2 rings (SSSR count). The van der Waals surface area contributed by atoms with Gasteiger partial charge in [-0.25, -0.2) is 4.79 Å². The van der Waals surface area contributed by atoms with Crippen LogP contribution in [0.1, 0.15) is 49.5 Å². The molecule has 2 aromatic rings. The summed E-state index contributed by atoms with van der Waals surface area (Å²) in [5.41, 5.74) is 1.45. The Labute approximate surface area is 159 Å². The van der Waals surface area contributed by atoms with Gasteiger partial charge in [0.1, 0.15) is 11.5 Å². The van der Waals surface area contributed by atoms with Crippen molar-refractivity contribution in [1.82, 2.24) is 0 Å². The molecule has 0 heterocycles. The standard InChI is InChI=1S/C19H20Br2O3/c1-11(2)15-10-14(20)6-8-17(15)24-19(22)13-5-7-18(16(21)9-13)23-12(3)4/h5-12H,1-4H3. The summed E-state index contributed by atoms with van der Waals surface area (Å²) in [6.07, 6.45) is 0.0652. The molecule has 0 aliphatic heterocycles. The highest BCUT2D eigenvalue weighted by molar-refractivity contribution is 9.10. The van der Waals surface area contributed by atoms with Gasteiger partial charge in [0.25, 0.3) is 0 Å². The van der Waals surface area contributed by atoms with E-state index in [1.54, 1.807) is 18.2 Å². The molecule has 0 radical (unpaired) electrons. The summed E-state index contributed by atoms with van der Waals surface area (Å²) in [6, 6.07) is 10.8. The van der Waals surface area contributed by atoms with E-state index in [9.17, 15) is 4.79 Å². The van der Waals surface area contributed by atoms with Crippen LogP contribution in [0.3, 0.4) is 0 Å². The summed E-state index contributed by atoms with van der Waals surface area (Å²) in [4.78, 5) is 12.5. The van der Waals surface area contributed by atoms with Crippen LogP contribution in [0.2, 0.25) is 0 Å². The minimum atomic E-state index is -0.393. The number of hydrogen-bond donors (Lipinski definition) is 0. The lowest BCUT2D eigenvalue weighted by Gasteiger charge is -2.14. The second-order valence-corrected chi connectivity index (χ2v) is 7.81. The molecule has 0 aliphatic carbocycles. The van der Waals surface area contributed by atoms with E-state index >= 15 is 0 Å². The zero-order valence-electron chi connectivity index (χ0n) is 14.1. The van der Waals surface area contributed by atoms with Crippen molar-refractivity contribution >= 4 is 37.8 Å². The predicted molar refractivity (Wildman–Crippen MR) is 103 cm³/mol. The minimum Gasteiger partial charge on any atom is -0.490 e. The lowest BCUT2D eigenvalue weighted by Crippen LogP contribution is -2.11. The molecule has 2 aromatic carbocycles. The number of rotatable bonds is 5. The second-order valence-electron chi connectivity index (χ2n) is 6.04. The fourth-order valence-corrected chi connectivity index (χ4v) is 3.05. The summed E-state index contributed by atoms with van der Waals surface area (Å²) in [6.45, 7) is 8.03. The van der Waals surface area contributed by atoms with Crippen molar-refractivity contribution in [2.75, 3.05) is 0 Å². The van der Waals surface area contributed by atoms with Gasteiger partial charge >= 0.3 is 5.97 Å². The quantitative estimate of drug-likeness (QED) is 0.389. The first-order valence-corrected chi connectivity index (χ1v) is 9.34.